The first-order valence-corrected chi connectivity index (χ1v) is 17.6. The molecule has 0 aromatic heterocycles. The van der Waals surface area contributed by atoms with E-state index in [1.165, 1.54) is 5.56 Å². The van der Waals surface area contributed by atoms with Crippen LogP contribution < -0.4 is 5.19 Å². The van der Waals surface area contributed by atoms with Crippen molar-refractivity contribution >= 4 is 36.5 Å². The molecule has 0 aliphatic rings. The molecule has 0 spiro atoms. The second-order valence-electron chi connectivity index (χ2n) is 6.28. The minimum atomic E-state index is -1.62. The third-order valence-electron chi connectivity index (χ3n) is 3.47. The van der Waals surface area contributed by atoms with Gasteiger partial charge in [-0.25, -0.2) is 0 Å². The van der Waals surface area contributed by atoms with E-state index in [2.05, 4.69) is 42.8 Å². The average molecular weight is 460 g/mol. The van der Waals surface area contributed by atoms with E-state index >= 15 is 0 Å². The van der Waals surface area contributed by atoms with Crippen LogP contribution in [-0.4, -0.2) is 25.9 Å². The normalized spacial score (nSPS) is 11.1. The summed E-state index contributed by atoms with van der Waals surface area (Å²) < 4.78 is 0. The van der Waals surface area contributed by atoms with Gasteiger partial charge in [-0.3, -0.25) is 4.99 Å². The van der Waals surface area contributed by atoms with Crippen LogP contribution in [0.1, 0.15) is 12.5 Å². The number of phenols is 1. The first-order chi connectivity index (χ1) is 11.3. The molecule has 0 atom stereocenters. The molecule has 0 unspecified atom stereocenters. The Morgan fingerprint density at radius 3 is 2.17 bits per heavy atom. The van der Waals surface area contributed by atoms with Gasteiger partial charge in [0.25, 0.3) is 0 Å². The molecule has 128 valence electrons. The van der Waals surface area contributed by atoms with Crippen LogP contribution in [0, 0.1) is 0 Å². The summed E-state index contributed by atoms with van der Waals surface area (Å²) in [6.07, 6.45) is 1.78. The SMILES string of the molecule is CCN=Cc1cc(-c2ccccc2)cc([Si](C)(C)C)c1O.[Cl][Zr][Cl]. The van der Waals surface area contributed by atoms with Gasteiger partial charge in [0, 0.05) is 18.3 Å². The van der Waals surface area contributed by atoms with Crippen LogP contribution in [-0.2, 0) is 20.8 Å². The summed E-state index contributed by atoms with van der Waals surface area (Å²) in [6.45, 7) is 9.46. The molecule has 0 bridgehead atoms. The molecule has 24 heavy (non-hydrogen) atoms. The molecule has 0 radical (unpaired) electrons. The minimum absolute atomic E-state index is 0.394. The van der Waals surface area contributed by atoms with Crippen molar-refractivity contribution in [2.24, 2.45) is 4.99 Å². The molecule has 2 aromatic carbocycles. The fraction of sp³-hybridized carbons (Fsp3) is 0.278. The number of aliphatic imine (C=N–C) groups is 1. The van der Waals surface area contributed by atoms with Crippen molar-refractivity contribution in [3.63, 3.8) is 0 Å². The van der Waals surface area contributed by atoms with Crippen molar-refractivity contribution in [3.8, 4) is 16.9 Å². The Balaban J connectivity index is 0.000000891. The number of nitrogens with zero attached hydrogens (tertiary/aromatic N) is 1. The van der Waals surface area contributed by atoms with E-state index in [-0.39, 0.29) is 0 Å². The Morgan fingerprint density at radius 2 is 1.67 bits per heavy atom. The zero-order chi connectivity index (χ0) is 18.2. The Labute approximate surface area is 164 Å². The van der Waals surface area contributed by atoms with Crippen molar-refractivity contribution in [2.75, 3.05) is 6.54 Å². The predicted molar refractivity (Wildman–Crippen MR) is 106 cm³/mol. The van der Waals surface area contributed by atoms with Crippen molar-refractivity contribution in [1.82, 2.24) is 0 Å². The van der Waals surface area contributed by atoms with Crippen LogP contribution in [0.4, 0.5) is 0 Å². The van der Waals surface area contributed by atoms with Crippen LogP contribution in [0.25, 0.3) is 11.1 Å². The molecule has 2 rings (SSSR count). The summed E-state index contributed by atoms with van der Waals surface area (Å²) in [7, 11) is 8.24. The van der Waals surface area contributed by atoms with Gasteiger partial charge in [0.1, 0.15) is 5.75 Å². The third kappa shape index (κ3) is 6.48. The van der Waals surface area contributed by atoms with Crippen LogP contribution >= 0.6 is 17.0 Å². The first kappa shape index (κ1) is 21.6. The quantitative estimate of drug-likeness (QED) is 0.481. The van der Waals surface area contributed by atoms with Gasteiger partial charge in [-0.05, 0) is 29.3 Å². The second-order valence-corrected chi connectivity index (χ2v) is 15.0. The Hall–Kier alpha value is -0.410. The van der Waals surface area contributed by atoms with Crippen LogP contribution in [0.15, 0.2) is 47.5 Å². The van der Waals surface area contributed by atoms with E-state index in [1.54, 1.807) is 6.21 Å². The summed E-state index contributed by atoms with van der Waals surface area (Å²) >= 11 is -0.826. The van der Waals surface area contributed by atoms with Crippen LogP contribution in [0.3, 0.4) is 0 Å². The topological polar surface area (TPSA) is 32.6 Å². The van der Waals surface area contributed by atoms with Crippen LogP contribution in [0.5, 0.6) is 5.75 Å². The standard InChI is InChI=1S/C18H23NOSi.2ClH.Zr/c1-5-19-13-16-11-15(14-9-7-6-8-10-14)12-17(18(16)20)21(2,3)4;;;/h6-13,20H,5H2,1-4H3;2*1H;/q;;;+2/p-2. The first-order valence-electron chi connectivity index (χ1n) is 7.74. The number of hydrogen-bond acceptors (Lipinski definition) is 2. The molecule has 0 saturated carbocycles. The van der Waals surface area contributed by atoms with E-state index in [4.69, 9.17) is 17.0 Å². The molecule has 0 amide bonds. The molecule has 2 aromatic rings. The second kappa shape index (κ2) is 10.6. The van der Waals surface area contributed by atoms with E-state index in [0.29, 0.717) is 5.75 Å². The molecular formula is C18H23Cl2NOSiZr. The molecule has 0 saturated heterocycles. The Bertz CT molecular complexity index is 673. The van der Waals surface area contributed by atoms with Gasteiger partial charge in [0.05, 0.1) is 8.07 Å². The summed E-state index contributed by atoms with van der Waals surface area (Å²) in [5, 5.41) is 11.7. The molecule has 6 heteroatoms. The average Bonchev–Trinajstić information content (AvgIpc) is 2.54. The zero-order valence-corrected chi connectivity index (χ0v) is 19.4. The maximum absolute atomic E-state index is 10.6. The molecule has 2 nitrogen and oxygen atoms in total. The van der Waals surface area contributed by atoms with Crippen molar-refractivity contribution in [3.05, 3.63) is 48.0 Å². The van der Waals surface area contributed by atoms with Gasteiger partial charge in [-0.15, -0.1) is 0 Å². The summed E-state index contributed by atoms with van der Waals surface area (Å²) in [6, 6.07) is 14.4. The Kier molecular flexibility index (Phi) is 9.51. The number of benzene rings is 2. The monoisotopic (exact) mass is 457 g/mol. The third-order valence-corrected chi connectivity index (χ3v) is 5.46. The summed E-state index contributed by atoms with van der Waals surface area (Å²) in [5.41, 5.74) is 3.13. The Morgan fingerprint density at radius 1 is 1.08 bits per heavy atom. The van der Waals surface area contributed by atoms with Gasteiger partial charge in [0.15, 0.2) is 0 Å². The van der Waals surface area contributed by atoms with E-state index < -0.39 is 28.9 Å². The van der Waals surface area contributed by atoms with Gasteiger partial charge in [-0.2, -0.15) is 0 Å². The van der Waals surface area contributed by atoms with Gasteiger partial charge in [0.2, 0.25) is 0 Å². The fourth-order valence-corrected chi connectivity index (χ4v) is 3.76. The number of rotatable bonds is 4. The molecule has 1 N–H and O–H groups in total. The van der Waals surface area contributed by atoms with Gasteiger partial charge < -0.3 is 5.11 Å². The van der Waals surface area contributed by atoms with Gasteiger partial charge in [-0.1, -0.05) is 56.0 Å². The predicted octanol–water partition coefficient (Wildman–Crippen LogP) is 5.42. The van der Waals surface area contributed by atoms with Crippen molar-refractivity contribution < 1.29 is 26.0 Å². The number of phenolic OH excluding ortho intramolecular Hbond substituents is 1. The molecule has 0 aliphatic carbocycles. The number of hydrogen-bond donors (Lipinski definition) is 1. The molecular weight excluding hydrogens is 436 g/mol. The number of halogens is 2. The maximum atomic E-state index is 10.6. The van der Waals surface area contributed by atoms with Crippen LogP contribution in [0.2, 0.25) is 19.6 Å². The van der Waals surface area contributed by atoms with E-state index in [1.807, 2.05) is 31.2 Å². The summed E-state index contributed by atoms with van der Waals surface area (Å²) in [4.78, 5) is 4.29. The van der Waals surface area contributed by atoms with Crippen molar-refractivity contribution in [1.29, 1.82) is 0 Å². The zero-order valence-electron chi connectivity index (χ0n) is 14.5. The molecule has 0 aliphatic heterocycles. The summed E-state index contributed by atoms with van der Waals surface area (Å²) in [5.74, 6) is 0.394. The van der Waals surface area contributed by atoms with E-state index in [0.717, 1.165) is 22.9 Å². The molecule has 0 heterocycles. The molecule has 0 fully saturated rings. The van der Waals surface area contributed by atoms with Gasteiger partial charge >= 0.3 is 37.9 Å². The van der Waals surface area contributed by atoms with Crippen molar-refractivity contribution in [2.45, 2.75) is 26.6 Å². The van der Waals surface area contributed by atoms with E-state index in [9.17, 15) is 5.11 Å². The fourth-order valence-electron chi connectivity index (χ4n) is 2.31. The number of aromatic hydroxyl groups is 1.